The Morgan fingerprint density at radius 3 is 2.69 bits per heavy atom. The molecule has 0 spiro atoms. The Morgan fingerprint density at radius 2 is 2.06 bits per heavy atom. The molecule has 3 heteroatoms. The molecule has 0 radical (unpaired) electrons. The van der Waals surface area contributed by atoms with Crippen LogP contribution in [-0.2, 0) is 4.74 Å². The maximum Gasteiger partial charge on any atom is 0.204 e. The summed E-state index contributed by atoms with van der Waals surface area (Å²) >= 11 is 0. The van der Waals surface area contributed by atoms with E-state index in [-0.39, 0.29) is 0 Å². The van der Waals surface area contributed by atoms with E-state index in [1.54, 1.807) is 6.92 Å². The molecule has 0 saturated carbocycles. The first-order valence-corrected chi connectivity index (χ1v) is 5.80. The predicted molar refractivity (Wildman–Crippen MR) is 65.6 cm³/mol. The minimum atomic E-state index is -1.23. The van der Waals surface area contributed by atoms with Gasteiger partial charge in [0, 0.05) is 12.7 Å². The summed E-state index contributed by atoms with van der Waals surface area (Å²) in [6.07, 6.45) is 10.5. The van der Waals surface area contributed by atoms with Crippen LogP contribution < -0.4 is 0 Å². The lowest BCUT2D eigenvalue weighted by atomic mass is 10.2. The zero-order valence-corrected chi connectivity index (χ0v) is 10.3. The number of likely N-dealkylation sites (N-methyl/N-ethyl adjacent to an activating group) is 1. The Hall–Kier alpha value is -1.06. The summed E-state index contributed by atoms with van der Waals surface area (Å²) in [5.41, 5.74) is 0.772. The summed E-state index contributed by atoms with van der Waals surface area (Å²) in [5, 5.41) is 10.3. The van der Waals surface area contributed by atoms with E-state index in [2.05, 4.69) is 0 Å². The number of aliphatic hydroxyl groups is 1. The molecule has 1 N–H and O–H groups in total. The van der Waals surface area contributed by atoms with Crippen LogP contribution in [0.15, 0.2) is 36.2 Å². The maximum absolute atomic E-state index is 10.3. The van der Waals surface area contributed by atoms with Crippen LogP contribution >= 0.6 is 0 Å². The zero-order valence-electron chi connectivity index (χ0n) is 10.3. The number of rotatable bonds is 5. The Bertz CT molecular complexity index is 303. The lowest BCUT2D eigenvalue weighted by Crippen LogP contribution is -2.38. The zero-order chi connectivity index (χ0) is 12.0. The predicted octanol–water partition coefficient (Wildman–Crippen LogP) is 2.41. The third kappa shape index (κ3) is 3.22. The fourth-order valence-corrected chi connectivity index (χ4v) is 1.61. The van der Waals surface area contributed by atoms with Gasteiger partial charge in [0.25, 0.3) is 0 Å². The maximum atomic E-state index is 10.3. The second kappa shape index (κ2) is 5.87. The molecular weight excluding hydrogens is 202 g/mol. The molecule has 16 heavy (non-hydrogen) atoms. The van der Waals surface area contributed by atoms with Gasteiger partial charge in [-0.05, 0) is 32.4 Å². The smallest absolute Gasteiger partial charge is 0.204 e. The lowest BCUT2D eigenvalue weighted by molar-refractivity contribution is -0.171. The van der Waals surface area contributed by atoms with Gasteiger partial charge in [-0.3, -0.25) is 0 Å². The van der Waals surface area contributed by atoms with Crippen molar-refractivity contribution < 1.29 is 9.84 Å². The van der Waals surface area contributed by atoms with Crippen LogP contribution in [0.2, 0.25) is 0 Å². The quantitative estimate of drug-likeness (QED) is 0.726. The molecule has 0 amide bonds. The second-order valence-corrected chi connectivity index (χ2v) is 3.90. The van der Waals surface area contributed by atoms with Gasteiger partial charge in [0.1, 0.15) is 0 Å². The Labute approximate surface area is 97.7 Å². The topological polar surface area (TPSA) is 32.7 Å². The second-order valence-electron chi connectivity index (χ2n) is 3.90. The van der Waals surface area contributed by atoms with Gasteiger partial charge in [0.05, 0.1) is 12.3 Å². The molecule has 1 unspecified atom stereocenters. The molecule has 3 nitrogen and oxygen atoms in total. The number of hydrogen-bond acceptors (Lipinski definition) is 3. The fraction of sp³-hybridized carbons (Fsp3) is 0.538. The SMILES string of the molecule is CCCOC(C)(O)C1=CC=CC=CN1CC. The van der Waals surface area contributed by atoms with Crippen LogP contribution in [0.3, 0.4) is 0 Å². The van der Waals surface area contributed by atoms with Crippen molar-refractivity contribution >= 4 is 0 Å². The van der Waals surface area contributed by atoms with Crippen molar-refractivity contribution in [1.29, 1.82) is 0 Å². The van der Waals surface area contributed by atoms with Crippen LogP contribution in [0.5, 0.6) is 0 Å². The summed E-state index contributed by atoms with van der Waals surface area (Å²) in [7, 11) is 0. The van der Waals surface area contributed by atoms with E-state index in [1.807, 2.05) is 49.3 Å². The highest BCUT2D eigenvalue weighted by Crippen LogP contribution is 2.24. The molecule has 0 aromatic rings. The number of hydrogen-bond donors (Lipinski definition) is 1. The largest absolute Gasteiger partial charge is 0.361 e. The first-order valence-electron chi connectivity index (χ1n) is 5.80. The van der Waals surface area contributed by atoms with Gasteiger partial charge in [0.2, 0.25) is 5.79 Å². The molecule has 0 fully saturated rings. The molecule has 1 aliphatic rings. The average Bonchev–Trinajstić information content (AvgIpc) is 2.51. The molecule has 0 aromatic heterocycles. The summed E-state index contributed by atoms with van der Waals surface area (Å²) in [6.45, 7) is 7.10. The van der Waals surface area contributed by atoms with Gasteiger partial charge < -0.3 is 14.7 Å². The summed E-state index contributed by atoms with van der Waals surface area (Å²) in [6, 6.07) is 0. The van der Waals surface area contributed by atoms with Crippen LogP contribution in [0, 0.1) is 0 Å². The minimum absolute atomic E-state index is 0.551. The molecule has 0 bridgehead atoms. The van der Waals surface area contributed by atoms with Crippen LogP contribution in [-0.4, -0.2) is 28.9 Å². The third-order valence-corrected chi connectivity index (χ3v) is 2.45. The number of nitrogens with zero attached hydrogens (tertiary/aromatic N) is 1. The highest BCUT2D eigenvalue weighted by atomic mass is 16.6. The fourth-order valence-electron chi connectivity index (χ4n) is 1.61. The molecule has 0 aliphatic carbocycles. The van der Waals surface area contributed by atoms with Crippen molar-refractivity contribution in [1.82, 2.24) is 4.90 Å². The van der Waals surface area contributed by atoms with E-state index in [1.165, 1.54) is 0 Å². The summed E-state index contributed by atoms with van der Waals surface area (Å²) in [4.78, 5) is 1.98. The summed E-state index contributed by atoms with van der Waals surface area (Å²) < 4.78 is 5.48. The van der Waals surface area contributed by atoms with Crippen molar-refractivity contribution in [3.63, 3.8) is 0 Å². The van der Waals surface area contributed by atoms with Gasteiger partial charge in [-0.2, -0.15) is 0 Å². The Morgan fingerprint density at radius 1 is 1.31 bits per heavy atom. The number of ether oxygens (including phenoxy) is 1. The number of allylic oxidation sites excluding steroid dienone is 4. The third-order valence-electron chi connectivity index (χ3n) is 2.45. The molecule has 1 heterocycles. The van der Waals surface area contributed by atoms with E-state index in [0.29, 0.717) is 6.61 Å². The Kier molecular flexibility index (Phi) is 4.77. The van der Waals surface area contributed by atoms with E-state index < -0.39 is 5.79 Å². The highest BCUT2D eigenvalue weighted by molar-refractivity contribution is 5.25. The van der Waals surface area contributed by atoms with E-state index in [0.717, 1.165) is 18.7 Å². The molecule has 0 saturated heterocycles. The van der Waals surface area contributed by atoms with E-state index >= 15 is 0 Å². The van der Waals surface area contributed by atoms with Crippen LogP contribution in [0.4, 0.5) is 0 Å². The molecular formula is C13H21NO2. The van der Waals surface area contributed by atoms with Gasteiger partial charge in [-0.25, -0.2) is 0 Å². The lowest BCUT2D eigenvalue weighted by Gasteiger charge is -2.33. The Balaban J connectivity index is 2.85. The van der Waals surface area contributed by atoms with Gasteiger partial charge in [0.15, 0.2) is 0 Å². The first kappa shape index (κ1) is 13.0. The summed E-state index contributed by atoms with van der Waals surface area (Å²) in [5.74, 6) is -1.23. The standard InChI is InChI=1S/C13H21NO2/c1-4-11-16-13(3,15)12-9-7-6-8-10-14(12)5-2/h6-10,15H,4-5,11H2,1-3H3. The molecule has 1 aliphatic heterocycles. The van der Waals surface area contributed by atoms with Gasteiger partial charge in [-0.1, -0.05) is 19.1 Å². The van der Waals surface area contributed by atoms with E-state index in [4.69, 9.17) is 4.74 Å². The average molecular weight is 223 g/mol. The van der Waals surface area contributed by atoms with Gasteiger partial charge >= 0.3 is 0 Å². The molecule has 90 valence electrons. The van der Waals surface area contributed by atoms with Gasteiger partial charge in [-0.15, -0.1) is 0 Å². The normalized spacial score (nSPS) is 19.2. The first-order chi connectivity index (χ1) is 7.61. The minimum Gasteiger partial charge on any atom is -0.361 e. The highest BCUT2D eigenvalue weighted by Gasteiger charge is 2.29. The van der Waals surface area contributed by atoms with Crippen LogP contribution in [0.1, 0.15) is 27.2 Å². The molecule has 0 aromatic carbocycles. The molecule has 1 atom stereocenters. The van der Waals surface area contributed by atoms with Crippen molar-refractivity contribution in [2.45, 2.75) is 33.0 Å². The van der Waals surface area contributed by atoms with E-state index in [9.17, 15) is 5.11 Å². The van der Waals surface area contributed by atoms with Crippen molar-refractivity contribution in [2.24, 2.45) is 0 Å². The van der Waals surface area contributed by atoms with Crippen molar-refractivity contribution in [3.8, 4) is 0 Å². The van der Waals surface area contributed by atoms with Crippen molar-refractivity contribution in [3.05, 3.63) is 36.2 Å². The monoisotopic (exact) mass is 223 g/mol. The van der Waals surface area contributed by atoms with Crippen molar-refractivity contribution in [2.75, 3.05) is 13.2 Å². The van der Waals surface area contributed by atoms with Crippen LogP contribution in [0.25, 0.3) is 0 Å². The molecule has 1 rings (SSSR count).